The molecule has 2 heterocycles. The highest BCUT2D eigenvalue weighted by molar-refractivity contribution is 6.32. The fraction of sp³-hybridized carbons (Fsp3) is 0.364. The van der Waals surface area contributed by atoms with E-state index in [1.807, 2.05) is 0 Å². The number of hydrogen-bond acceptors (Lipinski definition) is 6. The van der Waals surface area contributed by atoms with Crippen molar-refractivity contribution in [3.05, 3.63) is 32.8 Å². The van der Waals surface area contributed by atoms with E-state index < -0.39 is 10.7 Å². The molecule has 0 radical (unpaired) electrons. The van der Waals surface area contributed by atoms with Crippen molar-refractivity contribution in [2.75, 3.05) is 5.32 Å². The van der Waals surface area contributed by atoms with E-state index >= 15 is 0 Å². The topological polar surface area (TPSA) is 116 Å². The second-order valence-corrected chi connectivity index (χ2v) is 4.73. The van der Waals surface area contributed by atoms with Crippen LogP contribution in [0.25, 0.3) is 0 Å². The van der Waals surface area contributed by atoms with Crippen LogP contribution in [0.5, 0.6) is 0 Å². The second-order valence-electron chi connectivity index (χ2n) is 4.32. The van der Waals surface area contributed by atoms with Crippen LogP contribution in [-0.2, 0) is 11.3 Å². The predicted molar refractivity (Wildman–Crippen MR) is 73.1 cm³/mol. The lowest BCUT2D eigenvalue weighted by atomic mass is 10.3. The van der Waals surface area contributed by atoms with Gasteiger partial charge >= 0.3 is 5.82 Å². The zero-order valence-electron chi connectivity index (χ0n) is 11.3. The minimum atomic E-state index is -0.678. The fourth-order valence-electron chi connectivity index (χ4n) is 1.70. The van der Waals surface area contributed by atoms with Crippen molar-refractivity contribution in [1.29, 1.82) is 0 Å². The van der Waals surface area contributed by atoms with Gasteiger partial charge < -0.3 is 20.0 Å². The number of rotatable bonds is 5. The van der Waals surface area contributed by atoms with Crippen molar-refractivity contribution in [2.24, 2.45) is 0 Å². The van der Waals surface area contributed by atoms with Gasteiger partial charge in [-0.15, -0.1) is 0 Å². The predicted octanol–water partition coefficient (Wildman–Crippen LogP) is 2.08. The van der Waals surface area contributed by atoms with Gasteiger partial charge in [0.1, 0.15) is 11.4 Å². The Hall–Kier alpha value is -2.42. The number of nitro groups is 1. The average molecular weight is 314 g/mol. The smallest absolute Gasteiger partial charge is 0.359 e. The average Bonchev–Trinajstić information content (AvgIpc) is 2.94. The quantitative estimate of drug-likeness (QED) is 0.667. The summed E-state index contributed by atoms with van der Waals surface area (Å²) in [5.41, 5.74) is 1.11. The van der Waals surface area contributed by atoms with Crippen molar-refractivity contribution in [3.8, 4) is 0 Å². The van der Waals surface area contributed by atoms with Crippen molar-refractivity contribution < 1.29 is 14.2 Å². The highest BCUT2D eigenvalue weighted by Gasteiger charge is 2.19. The summed E-state index contributed by atoms with van der Waals surface area (Å²) in [7, 11) is 0. The number of carbonyl (C=O) groups is 1. The highest BCUT2D eigenvalue weighted by atomic mass is 35.5. The van der Waals surface area contributed by atoms with E-state index in [4.69, 9.17) is 16.1 Å². The number of nitrogens with one attached hydrogen (secondary N) is 1. The summed E-state index contributed by atoms with van der Waals surface area (Å²) in [5.74, 6) is -0.194. The zero-order valence-corrected chi connectivity index (χ0v) is 12.0. The number of aromatic nitrogens is 3. The summed E-state index contributed by atoms with van der Waals surface area (Å²) < 4.78 is 6.19. The van der Waals surface area contributed by atoms with E-state index in [1.165, 1.54) is 10.9 Å². The first-order valence-electron chi connectivity index (χ1n) is 5.98. The summed E-state index contributed by atoms with van der Waals surface area (Å²) in [6.45, 7) is 3.57. The third-order valence-corrected chi connectivity index (χ3v) is 3.00. The van der Waals surface area contributed by atoms with Gasteiger partial charge in [-0.1, -0.05) is 16.8 Å². The van der Waals surface area contributed by atoms with Gasteiger partial charge in [0.15, 0.2) is 10.8 Å². The summed E-state index contributed by atoms with van der Waals surface area (Å²) in [5, 5.41) is 20.6. The molecule has 0 atom stereocenters. The van der Waals surface area contributed by atoms with Crippen LogP contribution in [-0.4, -0.2) is 25.8 Å². The monoisotopic (exact) mass is 313 g/mol. The summed E-state index contributed by atoms with van der Waals surface area (Å²) in [6, 6.07) is 0. The van der Waals surface area contributed by atoms with Gasteiger partial charge in [-0.25, -0.2) is 0 Å². The largest absolute Gasteiger partial charge is 0.408 e. The molecule has 0 aliphatic carbocycles. The molecule has 2 aromatic heterocycles. The summed E-state index contributed by atoms with van der Waals surface area (Å²) >= 11 is 5.67. The van der Waals surface area contributed by atoms with Gasteiger partial charge in [-0.3, -0.25) is 4.79 Å². The third-order valence-electron chi connectivity index (χ3n) is 2.74. The number of carbonyl (C=O) groups excluding carboxylic acids is 1. The first-order valence-corrected chi connectivity index (χ1v) is 6.36. The molecule has 21 heavy (non-hydrogen) atoms. The maximum Gasteiger partial charge on any atom is 0.408 e. The lowest BCUT2D eigenvalue weighted by Gasteiger charge is -2.03. The number of aryl methyl sites for hydroxylation is 3. The molecule has 2 aromatic rings. The van der Waals surface area contributed by atoms with Crippen molar-refractivity contribution >= 4 is 29.0 Å². The Kier molecular flexibility index (Phi) is 4.22. The number of amides is 1. The lowest BCUT2D eigenvalue weighted by Crippen LogP contribution is -2.15. The van der Waals surface area contributed by atoms with Crippen molar-refractivity contribution in [3.63, 3.8) is 0 Å². The van der Waals surface area contributed by atoms with Crippen LogP contribution >= 0.6 is 11.6 Å². The van der Waals surface area contributed by atoms with Gasteiger partial charge in [0.2, 0.25) is 5.91 Å². The number of anilines is 1. The molecule has 0 aliphatic heterocycles. The maximum absolute atomic E-state index is 11.8. The van der Waals surface area contributed by atoms with Crippen LogP contribution < -0.4 is 5.32 Å². The number of hydrogen-bond donors (Lipinski definition) is 1. The first kappa shape index (κ1) is 15.0. The van der Waals surface area contributed by atoms with Gasteiger partial charge in [-0.05, 0) is 18.8 Å². The molecule has 112 valence electrons. The van der Waals surface area contributed by atoms with E-state index in [-0.39, 0.29) is 23.9 Å². The normalized spacial score (nSPS) is 10.6. The Morgan fingerprint density at radius 3 is 2.81 bits per heavy atom. The van der Waals surface area contributed by atoms with Gasteiger partial charge in [0, 0.05) is 6.42 Å². The van der Waals surface area contributed by atoms with Gasteiger partial charge in [0.25, 0.3) is 0 Å². The lowest BCUT2D eigenvalue weighted by molar-refractivity contribution is -0.389. The molecule has 2 rings (SSSR count). The second kappa shape index (κ2) is 5.92. The molecule has 0 bridgehead atoms. The van der Waals surface area contributed by atoms with Gasteiger partial charge in [0.05, 0.1) is 17.8 Å². The number of nitrogens with zero attached hydrogens (tertiary/aromatic N) is 4. The van der Waals surface area contributed by atoms with Crippen molar-refractivity contribution in [1.82, 2.24) is 14.9 Å². The minimum absolute atomic E-state index is 0.0638. The third kappa shape index (κ3) is 3.37. The summed E-state index contributed by atoms with van der Waals surface area (Å²) in [6.07, 6.45) is 1.39. The molecule has 1 N–H and O–H groups in total. The molecule has 0 saturated heterocycles. The van der Waals surface area contributed by atoms with Crippen LogP contribution in [0.3, 0.4) is 0 Å². The highest BCUT2D eigenvalue weighted by Crippen LogP contribution is 2.22. The standard InChI is InChI=1S/C11H12ClN5O4/c1-6-10(7(2)21-15-6)13-9(18)3-4-16-5-8(12)11(14-16)17(19)20/h5H,3-4H2,1-2H3,(H,13,18). The molecular formula is C11H12ClN5O4. The molecule has 0 fully saturated rings. The Labute approximate surface area is 124 Å². The Morgan fingerprint density at radius 2 is 2.29 bits per heavy atom. The maximum atomic E-state index is 11.8. The molecule has 9 nitrogen and oxygen atoms in total. The summed E-state index contributed by atoms with van der Waals surface area (Å²) in [4.78, 5) is 21.8. The van der Waals surface area contributed by atoms with Crippen LogP contribution in [0.2, 0.25) is 5.02 Å². The Morgan fingerprint density at radius 1 is 1.57 bits per heavy atom. The minimum Gasteiger partial charge on any atom is -0.359 e. The number of halogens is 1. The van der Waals surface area contributed by atoms with Crippen molar-refractivity contribution in [2.45, 2.75) is 26.8 Å². The van der Waals surface area contributed by atoms with Crippen LogP contribution in [0.4, 0.5) is 11.5 Å². The Bertz CT molecular complexity index is 673. The van der Waals surface area contributed by atoms with E-state index in [0.717, 1.165) is 0 Å². The van der Waals surface area contributed by atoms with Crippen LogP contribution in [0, 0.1) is 24.0 Å². The fourth-order valence-corrected chi connectivity index (χ4v) is 1.92. The van der Waals surface area contributed by atoms with Gasteiger partial charge in [-0.2, -0.15) is 4.68 Å². The SMILES string of the molecule is Cc1noc(C)c1NC(=O)CCn1cc(Cl)c([N+](=O)[O-])n1. The van der Waals surface area contributed by atoms with E-state index in [0.29, 0.717) is 17.1 Å². The molecule has 0 spiro atoms. The van der Waals surface area contributed by atoms with E-state index in [1.54, 1.807) is 13.8 Å². The molecule has 10 heteroatoms. The van der Waals surface area contributed by atoms with E-state index in [9.17, 15) is 14.9 Å². The zero-order chi connectivity index (χ0) is 15.6. The molecule has 0 unspecified atom stereocenters. The van der Waals surface area contributed by atoms with Crippen LogP contribution in [0.15, 0.2) is 10.7 Å². The van der Waals surface area contributed by atoms with E-state index in [2.05, 4.69) is 15.6 Å². The van der Waals surface area contributed by atoms with Crippen LogP contribution in [0.1, 0.15) is 17.9 Å². The molecule has 0 aliphatic rings. The first-order chi connectivity index (χ1) is 9.88. The molecule has 0 saturated carbocycles. The molecule has 1 amide bonds. The Balaban J connectivity index is 1.95. The molecule has 0 aromatic carbocycles. The molecular weight excluding hydrogens is 302 g/mol.